The summed E-state index contributed by atoms with van der Waals surface area (Å²) in [5, 5.41) is 15.0. The van der Waals surface area contributed by atoms with Crippen LogP contribution >= 0.6 is 0 Å². The molecule has 35 heavy (non-hydrogen) atoms. The lowest BCUT2D eigenvalue weighted by Gasteiger charge is -2.21. The molecule has 4 rings (SSSR count). The number of carboxylic acid groups (broad SMARTS) is 1. The van der Waals surface area contributed by atoms with Gasteiger partial charge in [0.2, 0.25) is 5.91 Å². The van der Waals surface area contributed by atoms with Gasteiger partial charge in [0.05, 0.1) is 0 Å². The van der Waals surface area contributed by atoms with Crippen LogP contribution in [0.1, 0.15) is 63.0 Å². The Morgan fingerprint density at radius 3 is 2.26 bits per heavy atom. The molecule has 1 fully saturated rings. The Bertz CT molecular complexity index is 1040. The average molecular weight is 479 g/mol. The normalized spacial score (nSPS) is 20.4. The maximum absolute atomic E-state index is 12.6. The van der Waals surface area contributed by atoms with E-state index < -0.39 is 18.1 Å². The zero-order chi connectivity index (χ0) is 24.9. The number of nitrogens with one attached hydrogen (secondary N) is 2. The maximum atomic E-state index is 12.6. The Balaban J connectivity index is 1.25. The van der Waals surface area contributed by atoms with Gasteiger partial charge in [0, 0.05) is 18.4 Å². The number of amides is 2. The quantitative estimate of drug-likeness (QED) is 0.485. The van der Waals surface area contributed by atoms with Gasteiger partial charge in [0.15, 0.2) is 0 Å². The number of carbonyl (C=O) groups excluding carboxylic acids is 2. The van der Waals surface area contributed by atoms with Crippen LogP contribution in [0.4, 0.5) is 4.79 Å². The summed E-state index contributed by atoms with van der Waals surface area (Å²) in [5.41, 5.74) is 4.72. The zero-order valence-electron chi connectivity index (χ0n) is 20.3. The first-order valence-electron chi connectivity index (χ1n) is 12.5. The molecule has 3 N–H and O–H groups in total. The molecule has 0 radical (unpaired) electrons. The summed E-state index contributed by atoms with van der Waals surface area (Å²) < 4.78 is 5.64. The van der Waals surface area contributed by atoms with Gasteiger partial charge in [-0.15, -0.1) is 0 Å². The van der Waals surface area contributed by atoms with Crippen molar-refractivity contribution in [2.45, 2.75) is 64.0 Å². The molecule has 0 aliphatic heterocycles. The van der Waals surface area contributed by atoms with Crippen LogP contribution in [0.2, 0.25) is 0 Å². The maximum Gasteiger partial charge on any atom is 0.407 e. The van der Waals surface area contributed by atoms with Crippen LogP contribution in [0.25, 0.3) is 11.1 Å². The third-order valence-electron chi connectivity index (χ3n) is 7.48. The predicted octanol–water partition coefficient (Wildman–Crippen LogP) is 4.70. The number of benzene rings is 2. The summed E-state index contributed by atoms with van der Waals surface area (Å²) in [7, 11) is 0. The molecule has 0 saturated heterocycles. The predicted molar refractivity (Wildman–Crippen MR) is 133 cm³/mol. The van der Waals surface area contributed by atoms with Crippen molar-refractivity contribution in [3.8, 4) is 11.1 Å². The SMILES string of the molecule is CCC(C)[C@H](NC(=O)CC1CCC(NC(=O)OCC2c3ccccc3-c3ccccc32)C1)C(=O)O. The van der Waals surface area contributed by atoms with Crippen molar-refractivity contribution in [1.82, 2.24) is 10.6 Å². The minimum absolute atomic E-state index is 0.0147. The number of fused-ring (bicyclic) bond motifs is 3. The van der Waals surface area contributed by atoms with Gasteiger partial charge in [0.1, 0.15) is 12.6 Å². The largest absolute Gasteiger partial charge is 0.480 e. The Hall–Kier alpha value is -3.35. The standard InChI is InChI=1S/C28H34N2O5/c1-3-17(2)26(27(32)33)30-25(31)15-18-12-13-19(14-18)29-28(34)35-16-24-22-10-6-4-8-20(22)21-9-5-7-11-23(21)24/h4-11,17-19,24,26H,3,12-16H2,1-2H3,(H,29,34)(H,30,31)(H,32,33)/t17?,18?,19?,26-/m0/s1. The van der Waals surface area contributed by atoms with Crippen molar-refractivity contribution in [1.29, 1.82) is 0 Å². The van der Waals surface area contributed by atoms with Crippen molar-refractivity contribution >= 4 is 18.0 Å². The molecule has 4 atom stereocenters. The minimum atomic E-state index is -1.01. The molecule has 2 aromatic carbocycles. The van der Waals surface area contributed by atoms with Crippen molar-refractivity contribution < 1.29 is 24.2 Å². The van der Waals surface area contributed by atoms with Crippen LogP contribution in [0.3, 0.4) is 0 Å². The van der Waals surface area contributed by atoms with Gasteiger partial charge in [0.25, 0.3) is 0 Å². The van der Waals surface area contributed by atoms with Gasteiger partial charge in [-0.2, -0.15) is 0 Å². The van der Waals surface area contributed by atoms with E-state index in [9.17, 15) is 19.5 Å². The molecule has 3 unspecified atom stereocenters. The van der Waals surface area contributed by atoms with E-state index in [1.807, 2.05) is 38.1 Å². The van der Waals surface area contributed by atoms with Crippen LogP contribution in [0, 0.1) is 11.8 Å². The Morgan fingerprint density at radius 1 is 1.03 bits per heavy atom. The fraction of sp³-hybridized carbons (Fsp3) is 0.464. The monoisotopic (exact) mass is 478 g/mol. The van der Waals surface area contributed by atoms with E-state index >= 15 is 0 Å². The topological polar surface area (TPSA) is 105 Å². The number of hydrogen-bond donors (Lipinski definition) is 3. The van der Waals surface area contributed by atoms with Gasteiger partial charge in [-0.3, -0.25) is 4.79 Å². The third kappa shape index (κ3) is 5.66. The Morgan fingerprint density at radius 2 is 1.66 bits per heavy atom. The summed E-state index contributed by atoms with van der Waals surface area (Å²) in [6.45, 7) is 4.00. The molecule has 2 aromatic rings. The molecule has 2 aliphatic rings. The average Bonchev–Trinajstić information content (AvgIpc) is 3.42. The summed E-state index contributed by atoms with van der Waals surface area (Å²) in [6.07, 6.45) is 2.76. The number of ether oxygens (including phenoxy) is 1. The van der Waals surface area contributed by atoms with E-state index in [2.05, 4.69) is 34.9 Å². The molecule has 7 nitrogen and oxygen atoms in total. The number of rotatable bonds is 9. The van der Waals surface area contributed by atoms with Crippen LogP contribution in [-0.2, 0) is 14.3 Å². The van der Waals surface area contributed by atoms with Gasteiger partial charge in [-0.05, 0) is 53.4 Å². The third-order valence-corrected chi connectivity index (χ3v) is 7.48. The molecule has 2 aliphatic carbocycles. The van der Waals surface area contributed by atoms with Crippen molar-refractivity contribution in [2.75, 3.05) is 6.61 Å². The molecule has 186 valence electrons. The number of alkyl carbamates (subject to hydrolysis) is 1. The first-order valence-corrected chi connectivity index (χ1v) is 12.5. The smallest absolute Gasteiger partial charge is 0.407 e. The van der Waals surface area contributed by atoms with E-state index in [-0.39, 0.29) is 42.7 Å². The fourth-order valence-electron chi connectivity index (χ4n) is 5.38. The number of carbonyl (C=O) groups is 3. The first-order chi connectivity index (χ1) is 16.9. The number of aliphatic carboxylic acids is 1. The number of carboxylic acids is 1. The molecule has 0 aromatic heterocycles. The molecule has 0 bridgehead atoms. The van der Waals surface area contributed by atoms with Gasteiger partial charge < -0.3 is 20.5 Å². The highest BCUT2D eigenvalue weighted by atomic mass is 16.5. The van der Waals surface area contributed by atoms with Crippen molar-refractivity contribution in [3.05, 3.63) is 59.7 Å². The lowest BCUT2D eigenvalue weighted by molar-refractivity contribution is -0.143. The van der Waals surface area contributed by atoms with Crippen molar-refractivity contribution in [2.24, 2.45) is 11.8 Å². The van der Waals surface area contributed by atoms with E-state index in [0.29, 0.717) is 12.8 Å². The van der Waals surface area contributed by atoms with E-state index in [0.717, 1.165) is 12.8 Å². The highest BCUT2D eigenvalue weighted by Crippen LogP contribution is 2.44. The highest BCUT2D eigenvalue weighted by molar-refractivity contribution is 5.84. The number of hydrogen-bond acceptors (Lipinski definition) is 4. The molecular weight excluding hydrogens is 444 g/mol. The molecule has 2 amide bonds. The minimum Gasteiger partial charge on any atom is -0.480 e. The molecule has 7 heteroatoms. The van der Waals surface area contributed by atoms with E-state index in [1.165, 1.54) is 22.3 Å². The molecule has 1 saturated carbocycles. The van der Waals surface area contributed by atoms with Crippen LogP contribution < -0.4 is 10.6 Å². The summed E-state index contributed by atoms with van der Waals surface area (Å²) in [5.74, 6) is -1.26. The Kier molecular flexibility index (Phi) is 7.73. The molecule has 0 heterocycles. The first kappa shape index (κ1) is 24.8. The molecular formula is C28H34N2O5. The summed E-state index contributed by atoms with van der Waals surface area (Å²) in [4.78, 5) is 36.4. The molecule has 0 spiro atoms. The highest BCUT2D eigenvalue weighted by Gasteiger charge is 2.32. The van der Waals surface area contributed by atoms with Crippen LogP contribution in [0.5, 0.6) is 0 Å². The lowest BCUT2D eigenvalue weighted by Crippen LogP contribution is -2.45. The van der Waals surface area contributed by atoms with Gasteiger partial charge in [-0.1, -0.05) is 68.8 Å². The van der Waals surface area contributed by atoms with Gasteiger partial charge >= 0.3 is 12.1 Å². The van der Waals surface area contributed by atoms with Crippen molar-refractivity contribution in [3.63, 3.8) is 0 Å². The van der Waals surface area contributed by atoms with Crippen LogP contribution in [0.15, 0.2) is 48.5 Å². The summed E-state index contributed by atoms with van der Waals surface area (Å²) in [6, 6.07) is 15.5. The fourth-order valence-corrected chi connectivity index (χ4v) is 5.38. The summed E-state index contributed by atoms with van der Waals surface area (Å²) >= 11 is 0. The van der Waals surface area contributed by atoms with E-state index in [4.69, 9.17) is 4.74 Å². The second kappa shape index (κ2) is 10.9. The second-order valence-corrected chi connectivity index (χ2v) is 9.82. The second-order valence-electron chi connectivity index (χ2n) is 9.82. The van der Waals surface area contributed by atoms with Crippen LogP contribution in [-0.4, -0.2) is 41.8 Å². The lowest BCUT2D eigenvalue weighted by atomic mass is 9.98. The zero-order valence-corrected chi connectivity index (χ0v) is 20.3. The Labute approximate surface area is 206 Å². The van der Waals surface area contributed by atoms with E-state index in [1.54, 1.807) is 0 Å². The van der Waals surface area contributed by atoms with Gasteiger partial charge in [-0.25, -0.2) is 9.59 Å².